The summed E-state index contributed by atoms with van der Waals surface area (Å²) in [5, 5.41) is 7.17. The molecule has 11 rings (SSSR count). The first-order valence-electron chi connectivity index (χ1n) is 18.5. The molecule has 11 aromatic rings. The third-order valence-electron chi connectivity index (χ3n) is 11.0. The Labute approximate surface area is 312 Å². The molecule has 2 nitrogen and oxygen atoms in total. The zero-order chi connectivity index (χ0) is 35.6. The van der Waals surface area contributed by atoms with Gasteiger partial charge >= 0.3 is 0 Å². The summed E-state index contributed by atoms with van der Waals surface area (Å²) >= 11 is 0. The largest absolute Gasteiger partial charge is 0.456 e. The van der Waals surface area contributed by atoms with E-state index in [2.05, 4.69) is 205 Å². The molecule has 0 aliphatic rings. The number of aromatic nitrogens is 1. The van der Waals surface area contributed by atoms with Gasteiger partial charge < -0.3 is 8.98 Å². The molecule has 0 fully saturated rings. The van der Waals surface area contributed by atoms with Gasteiger partial charge in [-0.05, 0) is 92.2 Å². The van der Waals surface area contributed by atoms with Crippen molar-refractivity contribution < 1.29 is 4.42 Å². The predicted molar refractivity (Wildman–Crippen MR) is 227 cm³/mol. The monoisotopic (exact) mass is 687 g/mol. The number of fused-ring (bicyclic) bond motifs is 8. The van der Waals surface area contributed by atoms with Gasteiger partial charge in [-0.25, -0.2) is 0 Å². The highest BCUT2D eigenvalue weighted by Gasteiger charge is 2.19. The summed E-state index contributed by atoms with van der Waals surface area (Å²) in [5.74, 6) is 0. The van der Waals surface area contributed by atoms with E-state index in [0.717, 1.165) is 33.2 Å². The fourth-order valence-electron chi connectivity index (χ4n) is 8.42. The fraction of sp³-hybridized carbons (Fsp3) is 0. The third-order valence-corrected chi connectivity index (χ3v) is 11.0. The van der Waals surface area contributed by atoms with Crippen molar-refractivity contribution in [1.82, 2.24) is 4.57 Å². The number of benzene rings is 9. The Hall–Kier alpha value is -7.16. The molecular weight excluding hydrogens is 655 g/mol. The van der Waals surface area contributed by atoms with Gasteiger partial charge in [0.2, 0.25) is 0 Å². The lowest BCUT2D eigenvalue weighted by molar-refractivity contribution is 0.669. The number of rotatable bonds is 5. The van der Waals surface area contributed by atoms with E-state index in [-0.39, 0.29) is 0 Å². The van der Waals surface area contributed by atoms with Gasteiger partial charge in [0.15, 0.2) is 0 Å². The van der Waals surface area contributed by atoms with Crippen LogP contribution in [0.15, 0.2) is 205 Å². The summed E-state index contributed by atoms with van der Waals surface area (Å²) in [7, 11) is 0. The minimum Gasteiger partial charge on any atom is -0.456 e. The normalized spacial score (nSPS) is 11.7. The Bertz CT molecular complexity index is 3190. The first-order valence-corrected chi connectivity index (χ1v) is 18.5. The molecule has 0 aliphatic carbocycles. The van der Waals surface area contributed by atoms with Crippen LogP contribution in [0.25, 0.3) is 105 Å². The second kappa shape index (κ2) is 12.2. The minimum atomic E-state index is 0.899. The highest BCUT2D eigenvalue weighted by Crippen LogP contribution is 2.42. The first-order chi connectivity index (χ1) is 26.8. The Morgan fingerprint density at radius 3 is 1.67 bits per heavy atom. The molecule has 0 saturated heterocycles. The Morgan fingerprint density at radius 1 is 0.333 bits per heavy atom. The molecule has 0 bridgehead atoms. The number of nitrogens with zero attached hydrogens (tertiary/aromatic N) is 1. The van der Waals surface area contributed by atoms with Crippen LogP contribution in [0.1, 0.15) is 0 Å². The van der Waals surface area contributed by atoms with Crippen LogP contribution >= 0.6 is 0 Å². The molecule has 9 aromatic carbocycles. The van der Waals surface area contributed by atoms with Crippen LogP contribution < -0.4 is 0 Å². The van der Waals surface area contributed by atoms with Gasteiger partial charge in [-0.3, -0.25) is 0 Å². The Kier molecular flexibility index (Phi) is 6.90. The summed E-state index contributed by atoms with van der Waals surface area (Å²) in [6.45, 7) is 0. The quantitative estimate of drug-likeness (QED) is 0.176. The summed E-state index contributed by atoms with van der Waals surface area (Å²) < 4.78 is 8.89. The van der Waals surface area contributed by atoms with Gasteiger partial charge in [0.1, 0.15) is 11.2 Å². The standard InChI is InChI=1S/C52H33NO/c1-3-12-34(13-4-1)36-22-24-37(25-23-36)41-30-40(35-14-5-2-6-15-35)31-42(32-41)53-48-21-10-9-18-45(48)46-20-11-19-44(52(46)53)39-27-28-49-47(33-39)51-43-17-8-7-16-38(43)26-29-50(51)54-49/h1-33H. The molecule has 2 aromatic heterocycles. The molecule has 0 saturated carbocycles. The van der Waals surface area contributed by atoms with Crippen LogP contribution in [0.2, 0.25) is 0 Å². The summed E-state index contributed by atoms with van der Waals surface area (Å²) in [4.78, 5) is 0. The predicted octanol–water partition coefficient (Wildman–Crippen LogP) is 14.5. The lowest BCUT2D eigenvalue weighted by Gasteiger charge is -2.16. The fourth-order valence-corrected chi connectivity index (χ4v) is 8.42. The van der Waals surface area contributed by atoms with Crippen LogP contribution in [0.4, 0.5) is 0 Å². The van der Waals surface area contributed by atoms with Crippen LogP contribution in [-0.2, 0) is 0 Å². The van der Waals surface area contributed by atoms with Gasteiger partial charge in [0, 0.05) is 32.8 Å². The van der Waals surface area contributed by atoms with E-state index >= 15 is 0 Å². The van der Waals surface area contributed by atoms with Crippen molar-refractivity contribution in [2.24, 2.45) is 0 Å². The van der Waals surface area contributed by atoms with Crippen LogP contribution in [0.3, 0.4) is 0 Å². The molecule has 0 N–H and O–H groups in total. The highest BCUT2D eigenvalue weighted by atomic mass is 16.3. The third kappa shape index (κ3) is 4.88. The minimum absolute atomic E-state index is 0.899. The maximum atomic E-state index is 6.42. The van der Waals surface area contributed by atoms with Gasteiger partial charge in [-0.2, -0.15) is 0 Å². The van der Waals surface area contributed by atoms with Crippen LogP contribution in [-0.4, -0.2) is 4.57 Å². The Morgan fingerprint density at radius 2 is 0.907 bits per heavy atom. The number of hydrogen-bond acceptors (Lipinski definition) is 1. The maximum Gasteiger partial charge on any atom is 0.136 e. The van der Waals surface area contributed by atoms with Gasteiger partial charge in [0.25, 0.3) is 0 Å². The zero-order valence-corrected chi connectivity index (χ0v) is 29.4. The lowest BCUT2D eigenvalue weighted by atomic mass is 9.96. The first kappa shape index (κ1) is 30.5. The summed E-state index contributed by atoms with van der Waals surface area (Å²) in [6.07, 6.45) is 0. The van der Waals surface area contributed by atoms with Crippen molar-refractivity contribution in [3.63, 3.8) is 0 Å². The molecule has 2 heterocycles. The molecule has 0 spiro atoms. The molecule has 252 valence electrons. The van der Waals surface area contributed by atoms with Crippen molar-refractivity contribution >= 4 is 54.5 Å². The second-order valence-electron chi connectivity index (χ2n) is 14.1. The van der Waals surface area contributed by atoms with Crippen molar-refractivity contribution in [3.05, 3.63) is 200 Å². The van der Waals surface area contributed by atoms with Crippen molar-refractivity contribution in [1.29, 1.82) is 0 Å². The van der Waals surface area contributed by atoms with E-state index in [1.54, 1.807) is 0 Å². The van der Waals surface area contributed by atoms with E-state index < -0.39 is 0 Å². The molecular formula is C52H33NO. The topological polar surface area (TPSA) is 18.1 Å². The smallest absolute Gasteiger partial charge is 0.136 e. The van der Waals surface area contributed by atoms with E-state index in [1.165, 1.54) is 71.5 Å². The molecule has 0 unspecified atom stereocenters. The van der Waals surface area contributed by atoms with Crippen LogP contribution in [0.5, 0.6) is 0 Å². The molecule has 0 aliphatic heterocycles. The number of furan rings is 1. The second-order valence-corrected chi connectivity index (χ2v) is 14.1. The highest BCUT2D eigenvalue weighted by molar-refractivity contribution is 6.20. The molecule has 0 amide bonds. The number of para-hydroxylation sites is 2. The molecule has 0 radical (unpaired) electrons. The summed E-state index contributed by atoms with van der Waals surface area (Å²) in [6, 6.07) is 72.3. The Balaban J connectivity index is 1.16. The van der Waals surface area contributed by atoms with Crippen LogP contribution in [0, 0.1) is 0 Å². The van der Waals surface area contributed by atoms with E-state index in [4.69, 9.17) is 4.42 Å². The maximum absolute atomic E-state index is 6.42. The zero-order valence-electron chi connectivity index (χ0n) is 29.4. The van der Waals surface area contributed by atoms with E-state index in [9.17, 15) is 0 Å². The van der Waals surface area contributed by atoms with Crippen molar-refractivity contribution in [2.45, 2.75) is 0 Å². The lowest BCUT2D eigenvalue weighted by Crippen LogP contribution is -1.97. The molecule has 0 atom stereocenters. The van der Waals surface area contributed by atoms with Gasteiger partial charge in [0.05, 0.1) is 11.0 Å². The summed E-state index contributed by atoms with van der Waals surface area (Å²) in [5.41, 5.74) is 14.8. The SMILES string of the molecule is c1ccc(-c2ccc(-c3cc(-c4ccccc4)cc(-n4c5ccccc5c5cccc(-c6ccc7oc8ccc9ccccc9c8c7c6)c54)c3)cc2)cc1. The average molecular weight is 688 g/mol. The average Bonchev–Trinajstić information content (AvgIpc) is 3.80. The van der Waals surface area contributed by atoms with Crippen molar-refractivity contribution in [3.8, 4) is 50.2 Å². The van der Waals surface area contributed by atoms with Crippen molar-refractivity contribution in [2.75, 3.05) is 0 Å². The van der Waals surface area contributed by atoms with E-state index in [1.807, 2.05) is 0 Å². The van der Waals surface area contributed by atoms with E-state index in [0.29, 0.717) is 0 Å². The molecule has 54 heavy (non-hydrogen) atoms. The molecule has 2 heteroatoms. The van der Waals surface area contributed by atoms with Gasteiger partial charge in [-0.15, -0.1) is 0 Å². The van der Waals surface area contributed by atoms with Gasteiger partial charge in [-0.1, -0.05) is 158 Å². The number of hydrogen-bond donors (Lipinski definition) is 0.